The van der Waals surface area contributed by atoms with Crippen LogP contribution in [0.25, 0.3) is 10.9 Å². The summed E-state index contributed by atoms with van der Waals surface area (Å²) >= 11 is 0. The average molecular weight is 494 g/mol. The molecule has 2 fully saturated rings. The van der Waals surface area contributed by atoms with Crippen LogP contribution in [0.5, 0.6) is 5.75 Å². The summed E-state index contributed by atoms with van der Waals surface area (Å²) in [5, 5.41) is 9.90. The Morgan fingerprint density at radius 3 is 2.69 bits per heavy atom. The first kappa shape index (κ1) is 24.0. The molecule has 1 aliphatic heterocycles. The Kier molecular flexibility index (Phi) is 6.49. The van der Waals surface area contributed by atoms with E-state index in [9.17, 15) is 9.59 Å². The van der Waals surface area contributed by atoms with E-state index in [-0.39, 0.29) is 25.2 Å². The summed E-state index contributed by atoms with van der Waals surface area (Å²) in [4.78, 5) is 31.3. The van der Waals surface area contributed by atoms with Gasteiger partial charge < -0.3 is 14.4 Å². The number of aromatic nitrogens is 1. The van der Waals surface area contributed by atoms with Crippen molar-refractivity contribution in [3.05, 3.63) is 65.5 Å². The van der Waals surface area contributed by atoms with Crippen LogP contribution in [0, 0.1) is 17.2 Å². The third-order valence-electron chi connectivity index (χ3n) is 7.21. The van der Waals surface area contributed by atoms with Crippen LogP contribution >= 0.6 is 0 Å². The second-order valence-electron chi connectivity index (χ2n) is 9.46. The van der Waals surface area contributed by atoms with Gasteiger partial charge in [-0.05, 0) is 55.5 Å². The summed E-state index contributed by atoms with van der Waals surface area (Å²) in [5.41, 5.74) is 2.80. The molecule has 2 aromatic carbocycles. The number of rotatable bonds is 8. The molecule has 36 heavy (non-hydrogen) atoms. The van der Waals surface area contributed by atoms with Gasteiger partial charge in [0, 0.05) is 24.0 Å². The van der Waals surface area contributed by atoms with Crippen LogP contribution in [-0.4, -0.2) is 42.3 Å². The molecule has 5 rings (SSSR count). The molecule has 1 aliphatic carbocycles. The Labute approximate surface area is 208 Å². The van der Waals surface area contributed by atoms with E-state index < -0.39 is 29.0 Å². The fourth-order valence-corrected chi connectivity index (χ4v) is 5.17. The molecular formula is C27H28FN3O5. The molecule has 1 unspecified atom stereocenters. The fraction of sp³-hybridized carbons (Fsp3) is 0.370. The number of ether oxygens (including phenoxy) is 2. The molecule has 1 saturated heterocycles. The van der Waals surface area contributed by atoms with Crippen molar-refractivity contribution in [2.75, 3.05) is 25.1 Å². The number of hydroxylamine groups is 1. The number of carbonyl (C=O) groups excluding carboxylic acids is 2. The number of anilines is 1. The number of pyridine rings is 1. The maximum Gasteiger partial charge on any atom is 0.312 e. The summed E-state index contributed by atoms with van der Waals surface area (Å²) in [7, 11) is 1.24. The monoisotopic (exact) mass is 493 g/mol. The van der Waals surface area contributed by atoms with Crippen LogP contribution in [-0.2, 0) is 27.4 Å². The lowest BCUT2D eigenvalue weighted by molar-refractivity contribution is -0.149. The van der Waals surface area contributed by atoms with Crippen LogP contribution in [0.2, 0.25) is 0 Å². The highest BCUT2D eigenvalue weighted by atomic mass is 19.1. The lowest BCUT2D eigenvalue weighted by Gasteiger charge is -2.19. The molecule has 2 N–H and O–H groups in total. The maximum atomic E-state index is 15.0. The Balaban J connectivity index is 1.34. The number of methoxy groups -OCH3 is 1. The molecule has 9 heteroatoms. The molecule has 2 atom stereocenters. The van der Waals surface area contributed by atoms with Crippen LogP contribution in [0.4, 0.5) is 10.2 Å². The second-order valence-corrected chi connectivity index (χ2v) is 9.46. The number of nitrogens with zero attached hydrogens (tertiary/aromatic N) is 2. The number of amides is 1. The summed E-state index contributed by atoms with van der Waals surface area (Å²) in [6.07, 6.45) is 2.62. The van der Waals surface area contributed by atoms with E-state index in [1.54, 1.807) is 11.5 Å². The van der Waals surface area contributed by atoms with E-state index >= 15 is 4.39 Å². The van der Waals surface area contributed by atoms with Crippen molar-refractivity contribution < 1.29 is 28.7 Å². The summed E-state index contributed by atoms with van der Waals surface area (Å²) in [5.74, 6) is -1.50. The predicted molar refractivity (Wildman–Crippen MR) is 130 cm³/mol. The molecule has 0 bridgehead atoms. The Morgan fingerprint density at radius 2 is 1.97 bits per heavy atom. The summed E-state index contributed by atoms with van der Waals surface area (Å²) < 4.78 is 25.8. The Morgan fingerprint density at radius 1 is 1.19 bits per heavy atom. The number of fused-ring (bicyclic) bond motifs is 1. The van der Waals surface area contributed by atoms with E-state index in [0.717, 1.165) is 48.2 Å². The average Bonchev–Trinajstić information content (AvgIpc) is 3.35. The topological polar surface area (TPSA) is 101 Å². The molecule has 0 radical (unpaired) electrons. The van der Waals surface area contributed by atoms with E-state index in [1.807, 2.05) is 30.3 Å². The van der Waals surface area contributed by atoms with Crippen LogP contribution in [0.15, 0.2) is 48.5 Å². The van der Waals surface area contributed by atoms with Gasteiger partial charge in [0.05, 0.1) is 24.0 Å². The lowest BCUT2D eigenvalue weighted by Crippen LogP contribution is -2.30. The highest BCUT2D eigenvalue weighted by molar-refractivity contribution is 5.93. The van der Waals surface area contributed by atoms with Crippen molar-refractivity contribution in [1.82, 2.24) is 10.5 Å². The third kappa shape index (κ3) is 4.46. The molecule has 0 spiro atoms. The molecule has 2 heterocycles. The number of hydrogen-bond acceptors (Lipinski definition) is 7. The van der Waals surface area contributed by atoms with E-state index in [4.69, 9.17) is 19.7 Å². The van der Waals surface area contributed by atoms with Gasteiger partial charge in [0.1, 0.15) is 12.4 Å². The lowest BCUT2D eigenvalue weighted by atomic mass is 9.93. The van der Waals surface area contributed by atoms with Gasteiger partial charge in [0.15, 0.2) is 11.6 Å². The van der Waals surface area contributed by atoms with E-state index in [0.29, 0.717) is 5.56 Å². The van der Waals surface area contributed by atoms with Crippen LogP contribution in [0.1, 0.15) is 30.4 Å². The molecule has 1 aromatic heterocycles. The SMILES string of the molecule is COC(=O)[C@@]1(Cc2ccc(OCc3cc(N4CCCC4)nc4ccccc34)c(F)c2)CC1C(=O)NO. The minimum atomic E-state index is -1.11. The summed E-state index contributed by atoms with van der Waals surface area (Å²) in [6.45, 7) is 2.11. The van der Waals surface area contributed by atoms with Gasteiger partial charge in [0.25, 0.3) is 0 Å². The minimum absolute atomic E-state index is 0.0925. The molecule has 1 saturated carbocycles. The van der Waals surface area contributed by atoms with Gasteiger partial charge in [-0.25, -0.2) is 14.9 Å². The molecule has 3 aromatic rings. The Hall–Kier alpha value is -3.72. The zero-order valence-electron chi connectivity index (χ0n) is 20.0. The molecular weight excluding hydrogens is 465 g/mol. The summed E-state index contributed by atoms with van der Waals surface area (Å²) in [6, 6.07) is 14.4. The second kappa shape index (κ2) is 9.73. The first-order valence-corrected chi connectivity index (χ1v) is 12.0. The smallest absolute Gasteiger partial charge is 0.312 e. The van der Waals surface area contributed by atoms with Gasteiger partial charge in [-0.1, -0.05) is 24.3 Å². The zero-order valence-corrected chi connectivity index (χ0v) is 20.0. The van der Waals surface area contributed by atoms with Gasteiger partial charge in [-0.15, -0.1) is 0 Å². The quantitative estimate of drug-likeness (QED) is 0.280. The number of esters is 1. The minimum Gasteiger partial charge on any atom is -0.486 e. The zero-order chi connectivity index (χ0) is 25.3. The molecule has 8 nitrogen and oxygen atoms in total. The fourth-order valence-electron chi connectivity index (χ4n) is 5.17. The van der Waals surface area contributed by atoms with Gasteiger partial charge in [-0.3, -0.25) is 14.8 Å². The van der Waals surface area contributed by atoms with Gasteiger partial charge >= 0.3 is 5.97 Å². The number of para-hydroxylation sites is 1. The number of benzene rings is 2. The number of carbonyl (C=O) groups is 2. The van der Waals surface area contributed by atoms with Crippen LogP contribution in [0.3, 0.4) is 0 Å². The van der Waals surface area contributed by atoms with Crippen molar-refractivity contribution in [3.63, 3.8) is 0 Å². The van der Waals surface area contributed by atoms with Crippen molar-refractivity contribution in [2.45, 2.75) is 32.3 Å². The largest absolute Gasteiger partial charge is 0.486 e. The third-order valence-corrected chi connectivity index (χ3v) is 7.21. The number of nitrogens with one attached hydrogen (secondary N) is 1. The first-order valence-electron chi connectivity index (χ1n) is 12.0. The molecule has 188 valence electrons. The number of halogens is 1. The standard InChI is InChI=1S/C27H28FN3O5/c1-35-26(33)27(15-20(27)25(32)30-34)14-17-8-9-23(21(28)12-17)36-16-18-13-24(31-10-4-5-11-31)29-22-7-3-2-6-19(18)22/h2-3,6-9,12-13,20,34H,4-5,10-11,14-16H2,1H3,(H,30,32)/t20?,27-/m0/s1. The molecule has 1 amide bonds. The normalized spacial score (nSPS) is 20.9. The van der Waals surface area contributed by atoms with Crippen molar-refractivity contribution >= 4 is 28.6 Å². The first-order chi connectivity index (χ1) is 17.4. The highest BCUT2D eigenvalue weighted by Crippen LogP contribution is 2.55. The van der Waals surface area contributed by atoms with Gasteiger partial charge in [0.2, 0.25) is 5.91 Å². The van der Waals surface area contributed by atoms with Crippen molar-refractivity contribution in [3.8, 4) is 5.75 Å². The Bertz CT molecular complexity index is 1310. The number of hydrogen-bond donors (Lipinski definition) is 2. The van der Waals surface area contributed by atoms with Crippen LogP contribution < -0.4 is 15.1 Å². The maximum absolute atomic E-state index is 15.0. The van der Waals surface area contributed by atoms with E-state index in [1.165, 1.54) is 19.2 Å². The van der Waals surface area contributed by atoms with E-state index in [2.05, 4.69) is 4.90 Å². The van der Waals surface area contributed by atoms with Crippen molar-refractivity contribution in [2.24, 2.45) is 11.3 Å². The van der Waals surface area contributed by atoms with Crippen molar-refractivity contribution in [1.29, 1.82) is 0 Å². The van der Waals surface area contributed by atoms with Gasteiger partial charge in [-0.2, -0.15) is 0 Å². The molecule has 2 aliphatic rings. The highest BCUT2D eigenvalue weighted by Gasteiger charge is 2.64. The predicted octanol–water partition coefficient (Wildman–Crippen LogP) is 3.78.